The van der Waals surface area contributed by atoms with Gasteiger partial charge in [-0.1, -0.05) is 49.6 Å². The number of amides is 1. The summed E-state index contributed by atoms with van der Waals surface area (Å²) in [5, 5.41) is 2.87. The Kier molecular flexibility index (Phi) is 8.42. The first-order valence-electron chi connectivity index (χ1n) is 6.25. The highest BCUT2D eigenvalue weighted by Gasteiger charge is 2.14. The SMILES string of the molecule is CCCCCNC(=O)C(N)c1ccc(C)cc1.Cl. The van der Waals surface area contributed by atoms with Crippen molar-refractivity contribution in [2.24, 2.45) is 5.73 Å². The molecule has 0 aliphatic rings. The standard InChI is InChI=1S/C14H22N2O.ClH/c1-3-4-5-10-16-14(17)13(15)12-8-6-11(2)7-9-12;/h6-9,13H,3-5,10,15H2,1-2H3,(H,16,17);1H. The van der Waals surface area contributed by atoms with Crippen LogP contribution in [0.15, 0.2) is 24.3 Å². The Bertz CT molecular complexity index is 351. The van der Waals surface area contributed by atoms with E-state index in [9.17, 15) is 4.79 Å². The Balaban J connectivity index is 0.00000289. The summed E-state index contributed by atoms with van der Waals surface area (Å²) in [5.74, 6) is -0.0926. The fraction of sp³-hybridized carbons (Fsp3) is 0.500. The normalized spacial score (nSPS) is 11.5. The van der Waals surface area contributed by atoms with Crippen molar-refractivity contribution in [3.8, 4) is 0 Å². The van der Waals surface area contributed by atoms with Gasteiger partial charge in [-0.15, -0.1) is 12.4 Å². The lowest BCUT2D eigenvalue weighted by Gasteiger charge is -2.12. The van der Waals surface area contributed by atoms with Gasteiger partial charge in [-0.2, -0.15) is 0 Å². The van der Waals surface area contributed by atoms with Crippen molar-refractivity contribution >= 4 is 18.3 Å². The Hall–Kier alpha value is -1.06. The molecule has 0 heterocycles. The summed E-state index contributed by atoms with van der Waals surface area (Å²) in [6, 6.07) is 7.20. The number of nitrogens with two attached hydrogens (primary N) is 1. The molecule has 0 fully saturated rings. The lowest BCUT2D eigenvalue weighted by Crippen LogP contribution is -2.34. The summed E-state index contributed by atoms with van der Waals surface area (Å²) in [7, 11) is 0. The predicted molar refractivity (Wildman–Crippen MR) is 77.9 cm³/mol. The number of halogens is 1. The van der Waals surface area contributed by atoms with Crippen molar-refractivity contribution in [3.05, 3.63) is 35.4 Å². The summed E-state index contributed by atoms with van der Waals surface area (Å²) in [5.41, 5.74) is 7.93. The van der Waals surface area contributed by atoms with Crippen LogP contribution in [0.3, 0.4) is 0 Å². The zero-order valence-corrected chi connectivity index (χ0v) is 11.9. The molecule has 0 radical (unpaired) electrons. The molecule has 4 heteroatoms. The van der Waals surface area contributed by atoms with Crippen molar-refractivity contribution in [1.82, 2.24) is 5.32 Å². The maximum atomic E-state index is 11.8. The zero-order valence-electron chi connectivity index (χ0n) is 11.1. The summed E-state index contributed by atoms with van der Waals surface area (Å²) in [6.45, 7) is 4.87. The third-order valence-electron chi connectivity index (χ3n) is 2.80. The van der Waals surface area contributed by atoms with Crippen LogP contribution < -0.4 is 11.1 Å². The van der Waals surface area contributed by atoms with Gasteiger partial charge in [0.1, 0.15) is 6.04 Å². The third-order valence-corrected chi connectivity index (χ3v) is 2.80. The Morgan fingerprint density at radius 2 is 1.89 bits per heavy atom. The molecule has 1 aromatic rings. The molecule has 0 saturated carbocycles. The molecule has 1 rings (SSSR count). The molecular weight excluding hydrogens is 248 g/mol. The number of benzene rings is 1. The molecule has 0 aliphatic carbocycles. The second-order valence-corrected chi connectivity index (χ2v) is 4.39. The molecule has 1 aromatic carbocycles. The molecule has 18 heavy (non-hydrogen) atoms. The molecule has 0 spiro atoms. The van der Waals surface area contributed by atoms with Gasteiger partial charge in [0.05, 0.1) is 0 Å². The smallest absolute Gasteiger partial charge is 0.241 e. The second-order valence-electron chi connectivity index (χ2n) is 4.39. The molecule has 1 unspecified atom stereocenters. The van der Waals surface area contributed by atoms with E-state index < -0.39 is 6.04 Å². The van der Waals surface area contributed by atoms with E-state index in [1.54, 1.807) is 0 Å². The van der Waals surface area contributed by atoms with E-state index in [0.29, 0.717) is 6.54 Å². The highest BCUT2D eigenvalue weighted by atomic mass is 35.5. The number of nitrogens with one attached hydrogen (secondary N) is 1. The van der Waals surface area contributed by atoms with Crippen LogP contribution >= 0.6 is 12.4 Å². The molecule has 1 amide bonds. The van der Waals surface area contributed by atoms with Crippen molar-refractivity contribution < 1.29 is 4.79 Å². The van der Waals surface area contributed by atoms with Crippen LogP contribution in [0.4, 0.5) is 0 Å². The van der Waals surface area contributed by atoms with Crippen LogP contribution in [0.5, 0.6) is 0 Å². The number of rotatable bonds is 6. The lowest BCUT2D eigenvalue weighted by atomic mass is 10.1. The van der Waals surface area contributed by atoms with Gasteiger partial charge in [-0.05, 0) is 18.9 Å². The maximum absolute atomic E-state index is 11.8. The van der Waals surface area contributed by atoms with Crippen molar-refractivity contribution in [3.63, 3.8) is 0 Å². The Labute approximate surface area is 116 Å². The maximum Gasteiger partial charge on any atom is 0.241 e. The van der Waals surface area contributed by atoms with Gasteiger partial charge in [-0.25, -0.2) is 0 Å². The van der Waals surface area contributed by atoms with Crippen LogP contribution in [-0.4, -0.2) is 12.5 Å². The monoisotopic (exact) mass is 270 g/mol. The molecule has 102 valence electrons. The molecule has 0 saturated heterocycles. The van der Waals surface area contributed by atoms with Crippen LogP contribution in [0.2, 0.25) is 0 Å². The minimum absolute atomic E-state index is 0. The molecule has 0 bridgehead atoms. The van der Waals surface area contributed by atoms with Crippen molar-refractivity contribution in [2.75, 3.05) is 6.54 Å². The van der Waals surface area contributed by atoms with Gasteiger partial charge in [-0.3, -0.25) is 4.79 Å². The summed E-state index contributed by atoms with van der Waals surface area (Å²) < 4.78 is 0. The first kappa shape index (κ1) is 16.9. The van der Waals surface area contributed by atoms with E-state index in [1.165, 1.54) is 5.56 Å². The minimum atomic E-state index is -0.558. The zero-order chi connectivity index (χ0) is 12.7. The van der Waals surface area contributed by atoms with E-state index >= 15 is 0 Å². The van der Waals surface area contributed by atoms with Gasteiger partial charge in [0.2, 0.25) is 5.91 Å². The summed E-state index contributed by atoms with van der Waals surface area (Å²) in [6.07, 6.45) is 3.31. The summed E-state index contributed by atoms with van der Waals surface area (Å²) >= 11 is 0. The van der Waals surface area contributed by atoms with Crippen LogP contribution in [-0.2, 0) is 4.79 Å². The largest absolute Gasteiger partial charge is 0.354 e. The molecule has 0 aromatic heterocycles. The lowest BCUT2D eigenvalue weighted by molar-refractivity contribution is -0.122. The number of unbranched alkanes of at least 4 members (excludes halogenated alkanes) is 2. The quantitative estimate of drug-likeness (QED) is 0.781. The number of carbonyl (C=O) groups is 1. The fourth-order valence-corrected chi connectivity index (χ4v) is 1.62. The first-order chi connectivity index (χ1) is 8.15. The van der Waals surface area contributed by atoms with E-state index in [0.717, 1.165) is 24.8 Å². The predicted octanol–water partition coefficient (Wildman–Crippen LogP) is 2.72. The molecule has 1 atom stereocenters. The first-order valence-corrected chi connectivity index (χ1v) is 6.25. The fourth-order valence-electron chi connectivity index (χ4n) is 1.62. The Morgan fingerprint density at radius 3 is 2.44 bits per heavy atom. The minimum Gasteiger partial charge on any atom is -0.354 e. The molecule has 3 nitrogen and oxygen atoms in total. The number of hydrogen-bond acceptors (Lipinski definition) is 2. The van der Waals surface area contributed by atoms with Gasteiger partial charge >= 0.3 is 0 Å². The highest BCUT2D eigenvalue weighted by molar-refractivity contribution is 5.85. The van der Waals surface area contributed by atoms with Crippen molar-refractivity contribution in [2.45, 2.75) is 39.2 Å². The molecule has 3 N–H and O–H groups in total. The van der Waals surface area contributed by atoms with Gasteiger partial charge in [0, 0.05) is 6.54 Å². The van der Waals surface area contributed by atoms with E-state index in [2.05, 4.69) is 12.2 Å². The second kappa shape index (κ2) is 8.95. The third kappa shape index (κ3) is 5.52. The summed E-state index contributed by atoms with van der Waals surface area (Å²) in [4.78, 5) is 11.8. The van der Waals surface area contributed by atoms with Crippen LogP contribution in [0.1, 0.15) is 43.4 Å². The number of carbonyl (C=O) groups excluding carboxylic acids is 1. The van der Waals surface area contributed by atoms with E-state index in [4.69, 9.17) is 5.73 Å². The van der Waals surface area contributed by atoms with Gasteiger partial charge < -0.3 is 11.1 Å². The average Bonchev–Trinajstić information content (AvgIpc) is 2.34. The average molecular weight is 271 g/mol. The van der Waals surface area contributed by atoms with Gasteiger partial charge in [0.25, 0.3) is 0 Å². The highest BCUT2D eigenvalue weighted by Crippen LogP contribution is 2.11. The number of aryl methyl sites for hydroxylation is 1. The molecular formula is C14H23ClN2O. The van der Waals surface area contributed by atoms with Crippen molar-refractivity contribution in [1.29, 1.82) is 0 Å². The topological polar surface area (TPSA) is 55.1 Å². The van der Waals surface area contributed by atoms with Crippen LogP contribution in [0, 0.1) is 6.92 Å². The Morgan fingerprint density at radius 1 is 1.28 bits per heavy atom. The number of hydrogen-bond donors (Lipinski definition) is 2. The van der Waals surface area contributed by atoms with E-state index in [-0.39, 0.29) is 18.3 Å². The van der Waals surface area contributed by atoms with E-state index in [1.807, 2.05) is 31.2 Å². The van der Waals surface area contributed by atoms with Crippen LogP contribution in [0.25, 0.3) is 0 Å². The van der Waals surface area contributed by atoms with Gasteiger partial charge in [0.15, 0.2) is 0 Å². The molecule has 0 aliphatic heterocycles.